The summed E-state index contributed by atoms with van der Waals surface area (Å²) in [6, 6.07) is 3.04. The summed E-state index contributed by atoms with van der Waals surface area (Å²) < 4.78 is 13.1. The Morgan fingerprint density at radius 1 is 1.55 bits per heavy atom. The molecule has 1 saturated heterocycles. The number of rotatable bonds is 2. The number of nitro benzene ring substituents is 1. The van der Waals surface area contributed by atoms with Gasteiger partial charge in [0.25, 0.3) is 11.6 Å². The summed E-state index contributed by atoms with van der Waals surface area (Å²) in [4.78, 5) is 24.5. The molecule has 108 valence electrons. The van der Waals surface area contributed by atoms with Crippen molar-refractivity contribution >= 4 is 27.5 Å². The second kappa shape index (κ2) is 5.87. The van der Waals surface area contributed by atoms with Crippen molar-refractivity contribution in [3.8, 4) is 0 Å². The van der Waals surface area contributed by atoms with Gasteiger partial charge in [-0.3, -0.25) is 14.9 Å². The summed E-state index contributed by atoms with van der Waals surface area (Å²) >= 11 is 3.54. The molecule has 0 aromatic heterocycles. The second-order valence-corrected chi connectivity index (χ2v) is 6.13. The number of hydrogen-bond donors (Lipinski definition) is 0. The van der Waals surface area contributed by atoms with Crippen LogP contribution in [0.25, 0.3) is 0 Å². The van der Waals surface area contributed by atoms with E-state index in [1.165, 1.54) is 6.07 Å². The average molecular weight is 345 g/mol. The van der Waals surface area contributed by atoms with Crippen molar-refractivity contribution in [3.63, 3.8) is 0 Å². The van der Waals surface area contributed by atoms with Gasteiger partial charge in [0.2, 0.25) is 0 Å². The highest BCUT2D eigenvalue weighted by molar-refractivity contribution is 9.09. The highest BCUT2D eigenvalue weighted by Gasteiger charge is 2.30. The van der Waals surface area contributed by atoms with Crippen LogP contribution in [0.5, 0.6) is 0 Å². The lowest BCUT2D eigenvalue weighted by Gasteiger charge is -2.34. The van der Waals surface area contributed by atoms with E-state index in [1.807, 2.05) is 6.92 Å². The first-order valence-corrected chi connectivity index (χ1v) is 7.19. The molecule has 1 aliphatic heterocycles. The molecule has 20 heavy (non-hydrogen) atoms. The monoisotopic (exact) mass is 344 g/mol. The van der Waals surface area contributed by atoms with Gasteiger partial charge in [0, 0.05) is 17.9 Å². The van der Waals surface area contributed by atoms with Crippen LogP contribution in [0.4, 0.5) is 10.1 Å². The first-order valence-electron chi connectivity index (χ1n) is 6.27. The zero-order chi connectivity index (χ0) is 14.9. The van der Waals surface area contributed by atoms with Gasteiger partial charge in [-0.15, -0.1) is 0 Å². The molecule has 0 spiro atoms. The van der Waals surface area contributed by atoms with Gasteiger partial charge in [-0.25, -0.2) is 4.39 Å². The lowest BCUT2D eigenvalue weighted by Crippen LogP contribution is -2.43. The summed E-state index contributed by atoms with van der Waals surface area (Å²) in [5.74, 6) is -0.865. The average Bonchev–Trinajstić information content (AvgIpc) is 2.41. The molecule has 1 fully saturated rings. The van der Waals surface area contributed by atoms with Crippen LogP contribution in [0.2, 0.25) is 0 Å². The number of alkyl halides is 1. The predicted octanol–water partition coefficient (Wildman–Crippen LogP) is 2.98. The summed E-state index contributed by atoms with van der Waals surface area (Å²) in [7, 11) is 0. The summed E-state index contributed by atoms with van der Waals surface area (Å²) in [6.07, 6.45) is 0.794. The zero-order valence-corrected chi connectivity index (χ0v) is 12.5. The topological polar surface area (TPSA) is 63.5 Å². The maximum atomic E-state index is 13.1. The SMILES string of the molecule is CC1CN(C(=O)c2ccc(F)cc2[N+](=O)[O-])CCC1Br. The third kappa shape index (κ3) is 2.98. The normalized spacial score (nSPS) is 22.6. The Bertz CT molecular complexity index is 552. The third-order valence-corrected chi connectivity index (χ3v) is 4.84. The van der Waals surface area contributed by atoms with Crippen LogP contribution in [0.15, 0.2) is 18.2 Å². The zero-order valence-electron chi connectivity index (χ0n) is 10.9. The van der Waals surface area contributed by atoms with Gasteiger partial charge in [-0.05, 0) is 24.5 Å². The molecule has 0 aliphatic carbocycles. The van der Waals surface area contributed by atoms with E-state index < -0.39 is 22.3 Å². The summed E-state index contributed by atoms with van der Waals surface area (Å²) in [6.45, 7) is 3.08. The fourth-order valence-electron chi connectivity index (χ4n) is 2.31. The molecule has 1 amide bonds. The predicted molar refractivity (Wildman–Crippen MR) is 75.5 cm³/mol. The Morgan fingerprint density at radius 2 is 2.25 bits per heavy atom. The molecule has 1 aliphatic rings. The fourth-order valence-corrected chi connectivity index (χ4v) is 2.68. The number of halogens is 2. The minimum atomic E-state index is -0.725. The minimum Gasteiger partial charge on any atom is -0.338 e. The molecule has 0 saturated carbocycles. The molecule has 2 atom stereocenters. The number of nitro groups is 1. The number of carbonyl (C=O) groups excluding carboxylic acids is 1. The molecular formula is C13H14BrFN2O3. The lowest BCUT2D eigenvalue weighted by atomic mass is 9.99. The van der Waals surface area contributed by atoms with Crippen molar-refractivity contribution in [1.82, 2.24) is 4.90 Å². The maximum Gasteiger partial charge on any atom is 0.285 e. The van der Waals surface area contributed by atoms with Gasteiger partial charge in [0.1, 0.15) is 11.4 Å². The van der Waals surface area contributed by atoms with Crippen LogP contribution >= 0.6 is 15.9 Å². The van der Waals surface area contributed by atoms with E-state index in [-0.39, 0.29) is 11.5 Å². The van der Waals surface area contributed by atoms with Crippen molar-refractivity contribution in [1.29, 1.82) is 0 Å². The van der Waals surface area contributed by atoms with E-state index in [4.69, 9.17) is 0 Å². The number of piperidine rings is 1. The molecule has 2 unspecified atom stereocenters. The van der Waals surface area contributed by atoms with E-state index in [9.17, 15) is 19.3 Å². The minimum absolute atomic E-state index is 0.0587. The van der Waals surface area contributed by atoms with E-state index >= 15 is 0 Å². The Kier molecular flexibility index (Phi) is 4.37. The highest BCUT2D eigenvalue weighted by Crippen LogP contribution is 2.27. The maximum absolute atomic E-state index is 13.1. The van der Waals surface area contributed by atoms with E-state index in [0.717, 1.165) is 18.6 Å². The Hall–Kier alpha value is -1.50. The number of benzene rings is 1. The Labute approximate surface area is 124 Å². The van der Waals surface area contributed by atoms with Crippen molar-refractivity contribution in [2.24, 2.45) is 5.92 Å². The number of hydrogen-bond acceptors (Lipinski definition) is 3. The van der Waals surface area contributed by atoms with E-state index in [0.29, 0.717) is 17.9 Å². The molecule has 2 rings (SSSR count). The van der Waals surface area contributed by atoms with Gasteiger partial charge in [0.05, 0.1) is 11.0 Å². The Morgan fingerprint density at radius 3 is 2.85 bits per heavy atom. The molecular weight excluding hydrogens is 331 g/mol. The van der Waals surface area contributed by atoms with Gasteiger partial charge in [0.15, 0.2) is 0 Å². The van der Waals surface area contributed by atoms with Crippen LogP contribution in [-0.2, 0) is 0 Å². The molecule has 0 bridgehead atoms. The highest BCUT2D eigenvalue weighted by atomic mass is 79.9. The molecule has 5 nitrogen and oxygen atoms in total. The van der Waals surface area contributed by atoms with E-state index in [1.54, 1.807) is 4.90 Å². The Balaban J connectivity index is 2.27. The third-order valence-electron chi connectivity index (χ3n) is 3.47. The largest absolute Gasteiger partial charge is 0.338 e. The van der Waals surface area contributed by atoms with Gasteiger partial charge < -0.3 is 4.90 Å². The summed E-state index contributed by atoms with van der Waals surface area (Å²) in [5.41, 5.74) is -0.541. The number of nitrogens with zero attached hydrogens (tertiary/aromatic N) is 2. The van der Waals surface area contributed by atoms with Crippen molar-refractivity contribution in [2.75, 3.05) is 13.1 Å². The molecule has 0 radical (unpaired) electrons. The molecule has 0 N–H and O–H groups in total. The molecule has 1 heterocycles. The van der Waals surface area contributed by atoms with Crippen molar-refractivity contribution in [2.45, 2.75) is 18.2 Å². The number of carbonyl (C=O) groups is 1. The standard InChI is InChI=1S/C13H14BrFN2O3/c1-8-7-16(5-4-11(8)14)13(18)10-3-2-9(15)6-12(10)17(19)20/h2-3,6,8,11H,4-5,7H2,1H3. The van der Waals surface area contributed by atoms with Gasteiger partial charge in [-0.1, -0.05) is 22.9 Å². The first-order chi connectivity index (χ1) is 9.40. The van der Waals surface area contributed by atoms with Crippen LogP contribution in [0.1, 0.15) is 23.7 Å². The van der Waals surface area contributed by atoms with Crippen molar-refractivity contribution in [3.05, 3.63) is 39.7 Å². The smallest absolute Gasteiger partial charge is 0.285 e. The number of likely N-dealkylation sites (tertiary alicyclic amines) is 1. The molecule has 1 aromatic carbocycles. The first kappa shape index (κ1) is 14.9. The van der Waals surface area contributed by atoms with Gasteiger partial charge in [-0.2, -0.15) is 0 Å². The number of amides is 1. The van der Waals surface area contributed by atoms with Crippen molar-refractivity contribution < 1.29 is 14.1 Å². The van der Waals surface area contributed by atoms with Crippen LogP contribution in [0.3, 0.4) is 0 Å². The van der Waals surface area contributed by atoms with E-state index in [2.05, 4.69) is 15.9 Å². The van der Waals surface area contributed by atoms with Crippen LogP contribution in [-0.4, -0.2) is 33.6 Å². The van der Waals surface area contributed by atoms with Gasteiger partial charge >= 0.3 is 0 Å². The fraction of sp³-hybridized carbons (Fsp3) is 0.462. The van der Waals surface area contributed by atoms with Crippen LogP contribution < -0.4 is 0 Å². The lowest BCUT2D eigenvalue weighted by molar-refractivity contribution is -0.385. The summed E-state index contributed by atoms with van der Waals surface area (Å²) in [5, 5.41) is 10.9. The molecule has 1 aromatic rings. The second-order valence-electron chi connectivity index (χ2n) is 4.95. The quantitative estimate of drug-likeness (QED) is 0.470. The van der Waals surface area contributed by atoms with Crippen LogP contribution in [0, 0.1) is 21.8 Å². The molecule has 7 heteroatoms.